The van der Waals surface area contributed by atoms with Crippen molar-refractivity contribution in [2.75, 3.05) is 5.32 Å². The first-order valence-electron chi connectivity index (χ1n) is 11.3. The number of aliphatic hydroxyl groups excluding tert-OH is 1. The molecule has 2 heterocycles. The topological polar surface area (TPSA) is 147 Å². The lowest BCUT2D eigenvalue weighted by atomic mass is 9.89. The molecule has 2 aromatic heterocycles. The maximum Gasteiger partial charge on any atom is 0.204 e. The van der Waals surface area contributed by atoms with Crippen LogP contribution in [0.15, 0.2) is 72.0 Å². The van der Waals surface area contributed by atoms with Gasteiger partial charge in [-0.1, -0.05) is 62.4 Å². The number of rotatable bonds is 9. The summed E-state index contributed by atoms with van der Waals surface area (Å²) >= 11 is 0. The van der Waals surface area contributed by atoms with Crippen LogP contribution >= 0.6 is 0 Å². The second-order valence-corrected chi connectivity index (χ2v) is 8.52. The van der Waals surface area contributed by atoms with E-state index in [1.807, 2.05) is 12.1 Å². The molecule has 0 saturated carbocycles. The normalized spacial score (nSPS) is 12.7. The molecule has 0 fully saturated rings. The third-order valence-electron chi connectivity index (χ3n) is 5.70. The van der Waals surface area contributed by atoms with Crippen molar-refractivity contribution < 1.29 is 14.7 Å². The number of hydrogen-bond acceptors (Lipinski definition) is 9. The number of benzene rings is 2. The Morgan fingerprint density at radius 1 is 0.944 bits per heavy atom. The highest BCUT2D eigenvalue weighted by Crippen LogP contribution is 2.31. The molecule has 182 valence electrons. The van der Waals surface area contributed by atoms with Crippen molar-refractivity contribution >= 4 is 17.9 Å². The van der Waals surface area contributed by atoms with Gasteiger partial charge in [0.2, 0.25) is 5.82 Å². The summed E-state index contributed by atoms with van der Waals surface area (Å²) in [6.45, 7) is 5.92. The Labute approximate surface area is 207 Å². The molecule has 36 heavy (non-hydrogen) atoms. The van der Waals surface area contributed by atoms with E-state index in [-0.39, 0.29) is 11.9 Å². The number of allylic oxidation sites excluding steroid dienone is 1. The largest absolute Gasteiger partial charge is 0.504 e. The molecular formula is C26H25N7O3. The van der Waals surface area contributed by atoms with E-state index in [2.05, 4.69) is 50.0 Å². The number of aromatic amines is 1. The van der Waals surface area contributed by atoms with Crippen LogP contribution in [0.25, 0.3) is 11.4 Å². The molecule has 10 heteroatoms. The number of H-pyrrole nitrogens is 1. The highest BCUT2D eigenvalue weighted by molar-refractivity contribution is 6.12. The van der Waals surface area contributed by atoms with E-state index in [9.17, 15) is 14.7 Å². The highest BCUT2D eigenvalue weighted by Gasteiger charge is 2.28. The summed E-state index contributed by atoms with van der Waals surface area (Å²) in [7, 11) is 0. The summed E-state index contributed by atoms with van der Waals surface area (Å²) in [5.74, 6) is -0.0995. The molecule has 4 aromatic rings. The molecule has 0 aliphatic rings. The number of hydrogen-bond donors (Lipinski definition) is 3. The molecule has 0 bridgehead atoms. The summed E-state index contributed by atoms with van der Waals surface area (Å²) in [4.78, 5) is 25.4. The standard InChI is InChI=1S/C26H25N7O3/c1-15(2)17-5-9-19(10-6-17)25(36)23(21(35)14-34)24(27-22-13-4-16(3)28-29-22)18-7-11-20(12-8-18)26-30-32-33-31-26/h4-15,24,35H,1-3H3,(H,27,29)(H,30,31,32,33)/b23-21-. The smallest absolute Gasteiger partial charge is 0.204 e. The van der Waals surface area contributed by atoms with E-state index in [0.29, 0.717) is 34.3 Å². The van der Waals surface area contributed by atoms with Crippen LogP contribution in [0.2, 0.25) is 0 Å². The van der Waals surface area contributed by atoms with Crippen LogP contribution in [0.1, 0.15) is 53.0 Å². The maximum atomic E-state index is 13.7. The first kappa shape index (κ1) is 24.4. The molecule has 1 atom stereocenters. The highest BCUT2D eigenvalue weighted by atomic mass is 16.3. The van der Waals surface area contributed by atoms with Gasteiger partial charge in [-0.2, -0.15) is 10.3 Å². The Kier molecular flexibility index (Phi) is 7.24. The number of Topliss-reactive ketones (excluding diaryl/α,β-unsaturated/α-hetero) is 1. The van der Waals surface area contributed by atoms with Crippen LogP contribution in [0.4, 0.5) is 5.82 Å². The van der Waals surface area contributed by atoms with Crippen LogP contribution < -0.4 is 5.32 Å². The second-order valence-electron chi connectivity index (χ2n) is 8.52. The molecular weight excluding hydrogens is 458 g/mol. The molecule has 0 aliphatic carbocycles. The lowest BCUT2D eigenvalue weighted by molar-refractivity contribution is -0.107. The molecule has 0 aliphatic heterocycles. The molecule has 0 amide bonds. The fourth-order valence-electron chi connectivity index (χ4n) is 3.69. The lowest BCUT2D eigenvalue weighted by Gasteiger charge is -2.23. The van der Waals surface area contributed by atoms with Gasteiger partial charge >= 0.3 is 0 Å². The predicted molar refractivity (Wildman–Crippen MR) is 133 cm³/mol. The number of ketones is 1. The zero-order chi connectivity index (χ0) is 25.7. The number of tetrazole rings is 1. The van der Waals surface area contributed by atoms with Crippen molar-refractivity contribution in [1.82, 2.24) is 30.8 Å². The quantitative estimate of drug-likeness (QED) is 0.138. The van der Waals surface area contributed by atoms with Gasteiger partial charge in [-0.15, -0.1) is 15.3 Å². The molecule has 0 spiro atoms. The van der Waals surface area contributed by atoms with Gasteiger partial charge in [0, 0.05) is 11.1 Å². The van der Waals surface area contributed by atoms with Gasteiger partial charge in [-0.05, 0) is 41.3 Å². The Hall–Kier alpha value is -4.73. The summed E-state index contributed by atoms with van der Waals surface area (Å²) in [6.07, 6.45) is 0.263. The van der Waals surface area contributed by atoms with E-state index in [1.54, 1.807) is 55.5 Å². The predicted octanol–water partition coefficient (Wildman–Crippen LogP) is 4.14. The molecule has 2 aromatic carbocycles. The number of aryl methyl sites for hydroxylation is 1. The van der Waals surface area contributed by atoms with Gasteiger partial charge in [0.25, 0.3) is 0 Å². The Bertz CT molecular complexity index is 1360. The van der Waals surface area contributed by atoms with Gasteiger partial charge in [-0.25, -0.2) is 0 Å². The molecule has 3 N–H and O–H groups in total. The molecule has 0 saturated heterocycles. The van der Waals surface area contributed by atoms with Crippen molar-refractivity contribution in [2.45, 2.75) is 32.7 Å². The minimum atomic E-state index is -0.913. The van der Waals surface area contributed by atoms with Gasteiger partial charge < -0.3 is 10.4 Å². The lowest BCUT2D eigenvalue weighted by Crippen LogP contribution is -2.22. The van der Waals surface area contributed by atoms with Gasteiger partial charge in [0.1, 0.15) is 5.82 Å². The number of nitrogens with zero attached hydrogens (tertiary/aromatic N) is 5. The molecule has 1 unspecified atom stereocenters. The van der Waals surface area contributed by atoms with Gasteiger partial charge in [0.05, 0.1) is 17.3 Å². The van der Waals surface area contributed by atoms with Gasteiger partial charge in [-0.3, -0.25) is 9.59 Å². The summed E-state index contributed by atoms with van der Waals surface area (Å²) in [5.41, 5.74) is 3.31. The van der Waals surface area contributed by atoms with Gasteiger partial charge in [0.15, 0.2) is 17.8 Å². The number of anilines is 1. The number of aromatic nitrogens is 6. The third kappa shape index (κ3) is 5.33. The van der Waals surface area contributed by atoms with Crippen molar-refractivity contribution in [3.63, 3.8) is 0 Å². The summed E-state index contributed by atoms with van der Waals surface area (Å²) in [5, 5.41) is 35.9. The number of nitrogens with one attached hydrogen (secondary N) is 2. The number of aliphatic hydroxyl groups is 1. The molecule has 10 nitrogen and oxygen atoms in total. The maximum absolute atomic E-state index is 13.7. The second kappa shape index (κ2) is 10.7. The Morgan fingerprint density at radius 2 is 1.64 bits per heavy atom. The fourth-order valence-corrected chi connectivity index (χ4v) is 3.69. The van der Waals surface area contributed by atoms with Crippen LogP contribution in [0, 0.1) is 6.92 Å². The number of aldehydes is 1. The van der Waals surface area contributed by atoms with Crippen LogP contribution in [0.5, 0.6) is 0 Å². The minimum Gasteiger partial charge on any atom is -0.504 e. The zero-order valence-electron chi connectivity index (χ0n) is 20.0. The Morgan fingerprint density at radius 3 is 2.19 bits per heavy atom. The van der Waals surface area contributed by atoms with Crippen molar-refractivity contribution in [2.24, 2.45) is 0 Å². The average molecular weight is 484 g/mol. The van der Waals surface area contributed by atoms with Crippen LogP contribution in [0.3, 0.4) is 0 Å². The monoisotopic (exact) mass is 483 g/mol. The van der Waals surface area contributed by atoms with E-state index < -0.39 is 17.6 Å². The minimum absolute atomic E-state index is 0.114. The van der Waals surface area contributed by atoms with Crippen molar-refractivity contribution in [3.8, 4) is 11.4 Å². The summed E-state index contributed by atoms with van der Waals surface area (Å²) < 4.78 is 0. The zero-order valence-corrected chi connectivity index (χ0v) is 20.0. The van der Waals surface area contributed by atoms with E-state index in [0.717, 1.165) is 11.3 Å². The van der Waals surface area contributed by atoms with Crippen LogP contribution in [-0.4, -0.2) is 48.0 Å². The molecule has 4 rings (SSSR count). The number of carbonyl (C=O) groups is 2. The number of carbonyl (C=O) groups excluding carboxylic acids is 2. The van der Waals surface area contributed by atoms with Crippen molar-refractivity contribution in [3.05, 3.63) is 94.4 Å². The van der Waals surface area contributed by atoms with Crippen LogP contribution in [-0.2, 0) is 4.79 Å². The SMILES string of the molecule is Cc1ccc(NC(/C(C(=O)c2ccc(C(C)C)cc2)=C(/O)C=O)c2ccc(-c3nn[nH]n3)cc2)nn1. The average Bonchev–Trinajstić information content (AvgIpc) is 3.44. The molecule has 0 radical (unpaired) electrons. The van der Waals surface area contributed by atoms with E-state index >= 15 is 0 Å². The fraction of sp³-hybridized carbons (Fsp3) is 0.192. The van der Waals surface area contributed by atoms with E-state index in [4.69, 9.17) is 0 Å². The first-order chi connectivity index (χ1) is 17.4. The summed E-state index contributed by atoms with van der Waals surface area (Å²) in [6, 6.07) is 16.7. The Balaban J connectivity index is 1.78. The van der Waals surface area contributed by atoms with Crippen molar-refractivity contribution in [1.29, 1.82) is 0 Å². The van der Waals surface area contributed by atoms with E-state index in [1.165, 1.54) is 0 Å². The first-order valence-corrected chi connectivity index (χ1v) is 11.3. The third-order valence-corrected chi connectivity index (χ3v) is 5.70.